The van der Waals surface area contributed by atoms with Crippen molar-refractivity contribution in [1.82, 2.24) is 5.32 Å². The highest BCUT2D eigenvalue weighted by Gasteiger charge is 2.43. The summed E-state index contributed by atoms with van der Waals surface area (Å²) < 4.78 is 6.04. The summed E-state index contributed by atoms with van der Waals surface area (Å²) >= 11 is 0. The summed E-state index contributed by atoms with van der Waals surface area (Å²) in [6, 6.07) is 10.0. The van der Waals surface area contributed by atoms with E-state index in [2.05, 4.69) is 38.0 Å². The summed E-state index contributed by atoms with van der Waals surface area (Å²) in [5, 5.41) is 2.90. The Kier molecular flexibility index (Phi) is 5.35. The first-order valence-electron chi connectivity index (χ1n) is 8.00. The van der Waals surface area contributed by atoms with E-state index in [1.54, 1.807) is 6.21 Å². The molecule has 22 heavy (non-hydrogen) atoms. The maximum atomic E-state index is 12.1. The Morgan fingerprint density at radius 1 is 1.23 bits per heavy atom. The van der Waals surface area contributed by atoms with Gasteiger partial charge in [-0.15, -0.1) is 0 Å². The number of rotatable bonds is 6. The molecule has 0 aromatic heterocycles. The van der Waals surface area contributed by atoms with Crippen LogP contribution in [0.3, 0.4) is 0 Å². The SMILES string of the molecule is CC(C)C1(C(C)C)N=CC(NC(=O)CCc2ccccc2)O1. The van der Waals surface area contributed by atoms with Crippen LogP contribution in [-0.2, 0) is 16.0 Å². The number of aryl methyl sites for hydroxylation is 1. The number of nitrogens with one attached hydrogen (secondary N) is 1. The van der Waals surface area contributed by atoms with Gasteiger partial charge in [-0.25, -0.2) is 0 Å². The van der Waals surface area contributed by atoms with E-state index in [-0.39, 0.29) is 17.7 Å². The summed E-state index contributed by atoms with van der Waals surface area (Å²) in [4.78, 5) is 16.6. The minimum atomic E-state index is -0.530. The van der Waals surface area contributed by atoms with Crippen LogP contribution in [0.25, 0.3) is 0 Å². The van der Waals surface area contributed by atoms with E-state index in [1.165, 1.54) is 0 Å². The number of carbonyl (C=O) groups is 1. The lowest BCUT2D eigenvalue weighted by molar-refractivity contribution is -0.135. The van der Waals surface area contributed by atoms with Gasteiger partial charge in [0.1, 0.15) is 0 Å². The first kappa shape index (κ1) is 16.7. The lowest BCUT2D eigenvalue weighted by atomic mass is 9.89. The molecule has 1 aromatic rings. The zero-order chi connectivity index (χ0) is 16.2. The molecule has 1 atom stereocenters. The standard InChI is InChI=1S/C18H26N2O2/c1-13(2)18(14(3)4)19-12-17(22-18)20-16(21)11-10-15-8-6-5-7-9-15/h5-9,12-14,17H,10-11H2,1-4H3,(H,20,21). The third kappa shape index (κ3) is 3.74. The zero-order valence-corrected chi connectivity index (χ0v) is 13.9. The predicted molar refractivity (Wildman–Crippen MR) is 88.7 cm³/mol. The molecule has 120 valence electrons. The average Bonchev–Trinajstić information content (AvgIpc) is 2.91. The molecule has 0 spiro atoms. The van der Waals surface area contributed by atoms with Crippen molar-refractivity contribution in [3.05, 3.63) is 35.9 Å². The van der Waals surface area contributed by atoms with E-state index in [4.69, 9.17) is 4.74 Å². The lowest BCUT2D eigenvalue weighted by Gasteiger charge is -2.35. The molecule has 2 rings (SSSR count). The third-order valence-electron chi connectivity index (χ3n) is 4.17. The van der Waals surface area contributed by atoms with Crippen LogP contribution >= 0.6 is 0 Å². The Hall–Kier alpha value is -1.68. The topological polar surface area (TPSA) is 50.7 Å². The highest BCUT2D eigenvalue weighted by molar-refractivity contribution is 5.80. The van der Waals surface area contributed by atoms with Crippen LogP contribution in [0.5, 0.6) is 0 Å². The van der Waals surface area contributed by atoms with E-state index < -0.39 is 12.0 Å². The normalized spacial score (nSPS) is 19.8. The number of amides is 1. The van der Waals surface area contributed by atoms with Gasteiger partial charge in [0.2, 0.25) is 5.91 Å². The average molecular weight is 302 g/mol. The second-order valence-electron chi connectivity index (χ2n) is 6.43. The molecule has 1 aliphatic heterocycles. The van der Waals surface area contributed by atoms with E-state index in [0.29, 0.717) is 6.42 Å². The number of benzene rings is 1. The summed E-state index contributed by atoms with van der Waals surface area (Å²) in [5.74, 6) is 0.508. The Labute approximate surface area is 133 Å². The number of hydrogen-bond donors (Lipinski definition) is 1. The molecule has 1 aromatic carbocycles. The van der Waals surface area contributed by atoms with Crippen molar-refractivity contribution in [2.24, 2.45) is 16.8 Å². The van der Waals surface area contributed by atoms with Gasteiger partial charge in [-0.3, -0.25) is 9.79 Å². The monoisotopic (exact) mass is 302 g/mol. The van der Waals surface area contributed by atoms with Crippen molar-refractivity contribution < 1.29 is 9.53 Å². The molecule has 1 aliphatic rings. The largest absolute Gasteiger partial charge is 0.326 e. The minimum Gasteiger partial charge on any atom is -0.326 e. The van der Waals surface area contributed by atoms with Gasteiger partial charge in [-0.1, -0.05) is 58.0 Å². The molecule has 1 N–H and O–H groups in total. The fourth-order valence-electron chi connectivity index (χ4n) is 2.89. The number of nitrogens with zero attached hydrogens (tertiary/aromatic N) is 1. The van der Waals surface area contributed by atoms with Gasteiger partial charge in [0, 0.05) is 18.3 Å². The summed E-state index contributed by atoms with van der Waals surface area (Å²) in [5.41, 5.74) is 0.634. The van der Waals surface area contributed by atoms with Gasteiger partial charge in [0.25, 0.3) is 0 Å². The highest BCUT2D eigenvalue weighted by atomic mass is 16.5. The second-order valence-corrected chi connectivity index (χ2v) is 6.43. The van der Waals surface area contributed by atoms with E-state index >= 15 is 0 Å². The van der Waals surface area contributed by atoms with Crippen molar-refractivity contribution in [3.63, 3.8) is 0 Å². The lowest BCUT2D eigenvalue weighted by Crippen LogP contribution is -2.45. The van der Waals surface area contributed by atoms with Gasteiger partial charge < -0.3 is 10.1 Å². The van der Waals surface area contributed by atoms with Crippen LogP contribution < -0.4 is 5.32 Å². The Morgan fingerprint density at radius 3 is 2.41 bits per heavy atom. The van der Waals surface area contributed by atoms with Crippen LogP contribution in [0, 0.1) is 11.8 Å². The van der Waals surface area contributed by atoms with Crippen molar-refractivity contribution in [1.29, 1.82) is 0 Å². The molecule has 0 saturated carbocycles. The number of hydrogen-bond acceptors (Lipinski definition) is 3. The summed E-state index contributed by atoms with van der Waals surface area (Å²) in [6.45, 7) is 8.38. The third-order valence-corrected chi connectivity index (χ3v) is 4.17. The molecule has 0 bridgehead atoms. The van der Waals surface area contributed by atoms with Gasteiger partial charge in [0.05, 0.1) is 6.21 Å². The van der Waals surface area contributed by atoms with Gasteiger partial charge >= 0.3 is 0 Å². The quantitative estimate of drug-likeness (QED) is 0.877. The van der Waals surface area contributed by atoms with E-state index in [0.717, 1.165) is 12.0 Å². The summed E-state index contributed by atoms with van der Waals surface area (Å²) in [7, 11) is 0. The van der Waals surface area contributed by atoms with Crippen molar-refractivity contribution in [3.8, 4) is 0 Å². The molecule has 4 heteroatoms. The number of aliphatic imine (C=N–C) groups is 1. The zero-order valence-electron chi connectivity index (χ0n) is 13.9. The second kappa shape index (κ2) is 7.05. The first-order valence-corrected chi connectivity index (χ1v) is 8.00. The molecule has 0 radical (unpaired) electrons. The molecule has 4 nitrogen and oxygen atoms in total. The maximum absolute atomic E-state index is 12.1. The Bertz CT molecular complexity index is 515. The fraction of sp³-hybridized carbons (Fsp3) is 0.556. The number of ether oxygens (including phenoxy) is 1. The molecule has 1 unspecified atom stereocenters. The molecular weight excluding hydrogens is 276 g/mol. The predicted octanol–water partition coefficient (Wildman–Crippen LogP) is 3.17. The van der Waals surface area contributed by atoms with Gasteiger partial charge in [-0.2, -0.15) is 0 Å². The van der Waals surface area contributed by atoms with Crippen LogP contribution in [0.2, 0.25) is 0 Å². The van der Waals surface area contributed by atoms with Crippen LogP contribution in [0.4, 0.5) is 0 Å². The molecule has 0 saturated heterocycles. The van der Waals surface area contributed by atoms with E-state index in [1.807, 2.05) is 30.3 Å². The molecule has 1 heterocycles. The van der Waals surface area contributed by atoms with Gasteiger partial charge in [-0.05, 0) is 12.0 Å². The van der Waals surface area contributed by atoms with Crippen LogP contribution in [0.1, 0.15) is 39.7 Å². The Morgan fingerprint density at radius 2 is 1.86 bits per heavy atom. The molecular formula is C18H26N2O2. The van der Waals surface area contributed by atoms with Crippen molar-refractivity contribution >= 4 is 12.1 Å². The minimum absolute atomic E-state index is 0.0105. The first-order chi connectivity index (χ1) is 10.4. The fourth-order valence-corrected chi connectivity index (χ4v) is 2.89. The molecule has 0 aliphatic carbocycles. The van der Waals surface area contributed by atoms with Crippen LogP contribution in [0.15, 0.2) is 35.3 Å². The van der Waals surface area contributed by atoms with Gasteiger partial charge in [0.15, 0.2) is 12.0 Å². The number of carbonyl (C=O) groups excluding carboxylic acids is 1. The Balaban J connectivity index is 1.85. The maximum Gasteiger partial charge on any atom is 0.222 e. The van der Waals surface area contributed by atoms with Crippen molar-refractivity contribution in [2.75, 3.05) is 0 Å². The van der Waals surface area contributed by atoms with Crippen LogP contribution in [-0.4, -0.2) is 24.1 Å². The van der Waals surface area contributed by atoms with E-state index in [9.17, 15) is 4.79 Å². The smallest absolute Gasteiger partial charge is 0.222 e. The van der Waals surface area contributed by atoms with Crippen molar-refractivity contribution in [2.45, 2.75) is 52.5 Å². The molecule has 0 fully saturated rings. The molecule has 1 amide bonds. The highest BCUT2D eigenvalue weighted by Crippen LogP contribution is 2.35. The summed E-state index contributed by atoms with van der Waals surface area (Å²) in [6.07, 6.45) is 2.48.